The first kappa shape index (κ1) is 16.5. The van der Waals surface area contributed by atoms with E-state index in [9.17, 15) is 5.11 Å². The fourth-order valence-electron chi connectivity index (χ4n) is 3.23. The van der Waals surface area contributed by atoms with Crippen LogP contribution in [0.15, 0.2) is 12.1 Å². The molecule has 1 saturated heterocycles. The molecule has 1 fully saturated rings. The number of hydrogen-bond donors (Lipinski definition) is 1. The molecular formula is C16H22Cl2N2O2. The van der Waals surface area contributed by atoms with Crippen molar-refractivity contribution >= 4 is 23.2 Å². The third-order valence-electron chi connectivity index (χ3n) is 4.37. The fourth-order valence-corrected chi connectivity index (χ4v) is 3.83. The molecule has 1 unspecified atom stereocenters. The lowest BCUT2D eigenvalue weighted by Gasteiger charge is -2.33. The second-order valence-electron chi connectivity index (χ2n) is 6.08. The van der Waals surface area contributed by atoms with Gasteiger partial charge in [0.2, 0.25) is 0 Å². The standard InChI is InChI=1S/C16H22Cl2N2O2/c17-13-7-12-1-2-20(11-15(12)16(18)8-13)10-14(21)9-19-3-5-22-6-4-19/h7-8,14,21H,1-6,9-11H2. The number of rotatable bonds is 4. The Hall–Kier alpha value is -0.360. The number of ether oxygens (including phenoxy) is 1. The van der Waals surface area contributed by atoms with Crippen molar-refractivity contribution in [2.75, 3.05) is 45.9 Å². The number of aliphatic hydroxyl groups is 1. The molecule has 0 saturated carbocycles. The van der Waals surface area contributed by atoms with Crippen molar-refractivity contribution in [2.24, 2.45) is 0 Å². The van der Waals surface area contributed by atoms with Gasteiger partial charge in [0.05, 0.1) is 19.3 Å². The number of benzene rings is 1. The predicted octanol–water partition coefficient (Wildman–Crippen LogP) is 2.04. The molecule has 2 aliphatic rings. The van der Waals surface area contributed by atoms with E-state index in [1.54, 1.807) is 6.07 Å². The fraction of sp³-hybridized carbons (Fsp3) is 0.625. The van der Waals surface area contributed by atoms with E-state index in [4.69, 9.17) is 27.9 Å². The van der Waals surface area contributed by atoms with Gasteiger partial charge in [-0.2, -0.15) is 0 Å². The van der Waals surface area contributed by atoms with E-state index < -0.39 is 0 Å². The normalized spacial score (nSPS) is 21.6. The molecule has 0 amide bonds. The minimum absolute atomic E-state index is 0.342. The lowest BCUT2D eigenvalue weighted by atomic mass is 9.99. The highest BCUT2D eigenvalue weighted by atomic mass is 35.5. The molecule has 2 heterocycles. The van der Waals surface area contributed by atoms with Crippen LogP contribution in [0.1, 0.15) is 11.1 Å². The molecule has 1 aromatic rings. The molecule has 0 aliphatic carbocycles. The second-order valence-corrected chi connectivity index (χ2v) is 6.92. The predicted molar refractivity (Wildman–Crippen MR) is 88.7 cm³/mol. The first-order valence-electron chi connectivity index (χ1n) is 7.79. The van der Waals surface area contributed by atoms with Gasteiger partial charge in [0.15, 0.2) is 0 Å². The Kier molecular flexibility index (Phi) is 5.60. The van der Waals surface area contributed by atoms with Crippen molar-refractivity contribution < 1.29 is 9.84 Å². The molecule has 2 aliphatic heterocycles. The van der Waals surface area contributed by atoms with Gasteiger partial charge in [-0.05, 0) is 29.7 Å². The van der Waals surface area contributed by atoms with Gasteiger partial charge in [-0.3, -0.25) is 9.80 Å². The highest BCUT2D eigenvalue weighted by Crippen LogP contribution is 2.29. The van der Waals surface area contributed by atoms with Crippen LogP contribution in [0.3, 0.4) is 0 Å². The van der Waals surface area contributed by atoms with Crippen molar-refractivity contribution in [3.8, 4) is 0 Å². The zero-order valence-electron chi connectivity index (χ0n) is 12.6. The Bertz CT molecular complexity index is 521. The van der Waals surface area contributed by atoms with E-state index in [2.05, 4.69) is 9.80 Å². The van der Waals surface area contributed by atoms with E-state index >= 15 is 0 Å². The van der Waals surface area contributed by atoms with Crippen LogP contribution in [0.4, 0.5) is 0 Å². The zero-order chi connectivity index (χ0) is 15.5. The van der Waals surface area contributed by atoms with Crippen molar-refractivity contribution in [1.29, 1.82) is 0 Å². The lowest BCUT2D eigenvalue weighted by Crippen LogP contribution is -2.45. The molecule has 4 nitrogen and oxygen atoms in total. The summed E-state index contributed by atoms with van der Waals surface area (Å²) in [6, 6.07) is 3.81. The third-order valence-corrected chi connectivity index (χ3v) is 4.93. The zero-order valence-corrected chi connectivity index (χ0v) is 14.1. The van der Waals surface area contributed by atoms with Gasteiger partial charge in [-0.25, -0.2) is 0 Å². The van der Waals surface area contributed by atoms with Crippen LogP contribution in [0.5, 0.6) is 0 Å². The number of morpholine rings is 1. The molecule has 22 heavy (non-hydrogen) atoms. The molecule has 6 heteroatoms. The summed E-state index contributed by atoms with van der Waals surface area (Å²) in [5.41, 5.74) is 2.38. The average Bonchev–Trinajstić information content (AvgIpc) is 2.49. The van der Waals surface area contributed by atoms with E-state index in [0.717, 1.165) is 56.4 Å². The first-order chi connectivity index (χ1) is 10.6. The van der Waals surface area contributed by atoms with Gasteiger partial charge in [0.25, 0.3) is 0 Å². The van der Waals surface area contributed by atoms with Crippen molar-refractivity contribution in [3.63, 3.8) is 0 Å². The van der Waals surface area contributed by atoms with Gasteiger partial charge in [-0.1, -0.05) is 23.2 Å². The van der Waals surface area contributed by atoms with Crippen LogP contribution in [0.2, 0.25) is 10.0 Å². The molecular weight excluding hydrogens is 323 g/mol. The van der Waals surface area contributed by atoms with Crippen LogP contribution >= 0.6 is 23.2 Å². The van der Waals surface area contributed by atoms with Gasteiger partial charge < -0.3 is 9.84 Å². The van der Waals surface area contributed by atoms with E-state index in [1.165, 1.54) is 5.56 Å². The summed E-state index contributed by atoms with van der Waals surface area (Å²) in [6.45, 7) is 6.45. The maximum atomic E-state index is 10.3. The Morgan fingerprint density at radius 2 is 1.82 bits per heavy atom. The summed E-state index contributed by atoms with van der Waals surface area (Å²) >= 11 is 12.4. The van der Waals surface area contributed by atoms with Crippen LogP contribution in [-0.4, -0.2) is 66.9 Å². The van der Waals surface area contributed by atoms with Crippen LogP contribution in [0.25, 0.3) is 0 Å². The monoisotopic (exact) mass is 344 g/mol. The topological polar surface area (TPSA) is 35.9 Å². The highest BCUT2D eigenvalue weighted by molar-refractivity contribution is 6.35. The second kappa shape index (κ2) is 7.47. The molecule has 0 aromatic heterocycles. The quantitative estimate of drug-likeness (QED) is 0.906. The minimum Gasteiger partial charge on any atom is -0.390 e. The molecule has 0 radical (unpaired) electrons. The first-order valence-corrected chi connectivity index (χ1v) is 8.55. The molecule has 0 bridgehead atoms. The van der Waals surface area contributed by atoms with Crippen molar-refractivity contribution in [3.05, 3.63) is 33.3 Å². The van der Waals surface area contributed by atoms with Gasteiger partial charge >= 0.3 is 0 Å². The minimum atomic E-state index is -0.342. The Balaban J connectivity index is 1.55. The van der Waals surface area contributed by atoms with Crippen LogP contribution < -0.4 is 0 Å². The maximum Gasteiger partial charge on any atom is 0.0793 e. The van der Waals surface area contributed by atoms with E-state index in [1.807, 2.05) is 6.07 Å². The smallest absolute Gasteiger partial charge is 0.0793 e. The summed E-state index contributed by atoms with van der Waals surface area (Å²) < 4.78 is 5.33. The SMILES string of the molecule is OC(CN1CCOCC1)CN1CCc2cc(Cl)cc(Cl)c2C1. The highest BCUT2D eigenvalue weighted by Gasteiger charge is 2.22. The number of aliphatic hydroxyl groups excluding tert-OH is 1. The number of hydrogen-bond acceptors (Lipinski definition) is 4. The Morgan fingerprint density at radius 1 is 1.09 bits per heavy atom. The summed E-state index contributed by atoms with van der Waals surface area (Å²) in [6.07, 6.45) is 0.589. The van der Waals surface area contributed by atoms with Crippen LogP contribution in [-0.2, 0) is 17.7 Å². The molecule has 1 atom stereocenters. The Labute approximate surface area is 141 Å². The van der Waals surface area contributed by atoms with Crippen molar-refractivity contribution in [1.82, 2.24) is 9.80 Å². The third kappa shape index (κ3) is 4.13. The average molecular weight is 345 g/mol. The summed E-state index contributed by atoms with van der Waals surface area (Å²) in [5.74, 6) is 0. The molecule has 122 valence electrons. The van der Waals surface area contributed by atoms with Gasteiger partial charge in [0.1, 0.15) is 0 Å². The molecule has 1 N–H and O–H groups in total. The number of halogens is 2. The largest absolute Gasteiger partial charge is 0.390 e. The van der Waals surface area contributed by atoms with Gasteiger partial charge in [-0.15, -0.1) is 0 Å². The number of β-amino-alcohol motifs (C(OH)–C–C–N with tert-alkyl or cyclic N) is 1. The molecule has 3 rings (SSSR count). The maximum absolute atomic E-state index is 10.3. The lowest BCUT2D eigenvalue weighted by molar-refractivity contribution is 0.00587. The summed E-state index contributed by atoms with van der Waals surface area (Å²) in [4.78, 5) is 4.53. The molecule has 1 aromatic carbocycles. The van der Waals surface area contributed by atoms with Crippen molar-refractivity contribution in [2.45, 2.75) is 19.1 Å². The Morgan fingerprint density at radius 3 is 2.59 bits per heavy atom. The van der Waals surface area contributed by atoms with Gasteiger partial charge in [0, 0.05) is 49.3 Å². The molecule has 0 spiro atoms. The van der Waals surface area contributed by atoms with E-state index in [0.29, 0.717) is 18.1 Å². The van der Waals surface area contributed by atoms with Crippen LogP contribution in [0, 0.1) is 0 Å². The van der Waals surface area contributed by atoms with E-state index in [-0.39, 0.29) is 6.10 Å². The summed E-state index contributed by atoms with van der Waals surface area (Å²) in [7, 11) is 0. The number of nitrogens with zero attached hydrogens (tertiary/aromatic N) is 2. The summed E-state index contributed by atoms with van der Waals surface area (Å²) in [5, 5.41) is 11.8. The number of fused-ring (bicyclic) bond motifs is 1.